The molecule has 0 spiro atoms. The molecule has 1 aliphatic rings. The van der Waals surface area contributed by atoms with Gasteiger partial charge in [-0.05, 0) is 37.6 Å². The summed E-state index contributed by atoms with van der Waals surface area (Å²) in [6, 6.07) is 4.14. The van der Waals surface area contributed by atoms with Crippen molar-refractivity contribution in [3.63, 3.8) is 0 Å². The molecule has 0 bridgehead atoms. The molecule has 0 aliphatic carbocycles. The summed E-state index contributed by atoms with van der Waals surface area (Å²) < 4.78 is 41.7. The Morgan fingerprint density at radius 1 is 1.15 bits per heavy atom. The number of alkyl halides is 3. The maximum absolute atomic E-state index is 13.3. The number of hydrogen-bond donors (Lipinski definition) is 2. The molecule has 0 saturated heterocycles. The molecule has 2 N–H and O–H groups in total. The second kappa shape index (κ2) is 9.17. The summed E-state index contributed by atoms with van der Waals surface area (Å²) in [5.74, 6) is -0.559. The Bertz CT molecular complexity index is 1040. The summed E-state index contributed by atoms with van der Waals surface area (Å²) in [5, 5.41) is 5.35. The van der Waals surface area contributed by atoms with Crippen molar-refractivity contribution in [3.8, 4) is 11.4 Å². The first-order valence-electron chi connectivity index (χ1n) is 10.8. The number of nitrogens with zero attached hydrogens (tertiary/aromatic N) is 3. The van der Waals surface area contributed by atoms with Crippen LogP contribution in [0.25, 0.3) is 11.4 Å². The molecule has 0 radical (unpaired) electrons. The van der Waals surface area contributed by atoms with E-state index in [2.05, 4.69) is 15.6 Å². The van der Waals surface area contributed by atoms with Crippen LogP contribution in [0.3, 0.4) is 0 Å². The molecule has 1 aromatic carbocycles. The van der Waals surface area contributed by atoms with Gasteiger partial charge in [-0.15, -0.1) is 0 Å². The first kappa shape index (κ1) is 24.8. The van der Waals surface area contributed by atoms with Gasteiger partial charge in [-0.25, -0.2) is 4.98 Å². The van der Waals surface area contributed by atoms with Crippen LogP contribution in [0.4, 0.5) is 13.2 Å². The Labute approximate surface area is 191 Å². The van der Waals surface area contributed by atoms with Crippen LogP contribution < -0.4 is 10.6 Å². The average molecular weight is 466 g/mol. The lowest BCUT2D eigenvalue weighted by Crippen LogP contribution is -2.53. The predicted molar refractivity (Wildman–Crippen MR) is 118 cm³/mol. The van der Waals surface area contributed by atoms with Gasteiger partial charge in [-0.1, -0.05) is 32.9 Å². The van der Waals surface area contributed by atoms with E-state index in [-0.39, 0.29) is 17.2 Å². The van der Waals surface area contributed by atoms with Gasteiger partial charge in [0, 0.05) is 25.7 Å². The van der Waals surface area contributed by atoms with Gasteiger partial charge in [0.2, 0.25) is 5.91 Å². The van der Waals surface area contributed by atoms with E-state index in [4.69, 9.17) is 0 Å². The standard InChI is InChI=1S/C23H30F3N5O2/c1-22(2,3)18(21(33)27-4)29-20(32)17-16-13-30(5)10-7-11-31(16)19(28-17)14-8-6-9-15(12-14)23(24,25)26/h6,8-9,12,18H,7,10-11,13H2,1-5H3,(H,27,33)(H,29,32)/t18-/m1/s1. The Morgan fingerprint density at radius 3 is 2.45 bits per heavy atom. The summed E-state index contributed by atoms with van der Waals surface area (Å²) in [6.45, 7) is 7.21. The number of hydrogen-bond acceptors (Lipinski definition) is 4. The Balaban J connectivity index is 2.09. The number of rotatable bonds is 4. The summed E-state index contributed by atoms with van der Waals surface area (Å²) in [5.41, 5.74) is -0.318. The number of halogens is 3. The number of aromatic nitrogens is 2. The molecule has 0 unspecified atom stereocenters. The van der Waals surface area contributed by atoms with Gasteiger partial charge in [0.1, 0.15) is 11.9 Å². The van der Waals surface area contributed by atoms with Crippen LogP contribution >= 0.6 is 0 Å². The molecular formula is C23H30F3N5O2. The number of carbonyl (C=O) groups excluding carboxylic acids is 2. The van der Waals surface area contributed by atoms with Crippen LogP contribution in [-0.2, 0) is 24.1 Å². The monoisotopic (exact) mass is 465 g/mol. The molecule has 0 fully saturated rings. The topological polar surface area (TPSA) is 79.3 Å². The SMILES string of the molecule is CNC(=O)[C@@H](NC(=O)c1nc(-c2cccc(C(F)(F)F)c2)n2c1CN(C)CCC2)C(C)(C)C. The zero-order chi connectivity index (χ0) is 24.6. The highest BCUT2D eigenvalue weighted by atomic mass is 19.4. The van der Waals surface area contributed by atoms with Crippen LogP contribution in [0.2, 0.25) is 0 Å². The fraction of sp³-hybridized carbons (Fsp3) is 0.522. The van der Waals surface area contributed by atoms with E-state index >= 15 is 0 Å². The Morgan fingerprint density at radius 2 is 1.85 bits per heavy atom. The van der Waals surface area contributed by atoms with Crippen LogP contribution in [0.15, 0.2) is 24.3 Å². The molecule has 7 nitrogen and oxygen atoms in total. The van der Waals surface area contributed by atoms with Gasteiger partial charge in [0.25, 0.3) is 5.91 Å². The third-order valence-electron chi connectivity index (χ3n) is 5.73. The van der Waals surface area contributed by atoms with E-state index in [0.29, 0.717) is 24.6 Å². The molecular weight excluding hydrogens is 435 g/mol. The lowest BCUT2D eigenvalue weighted by molar-refractivity contribution is -0.137. The predicted octanol–water partition coefficient (Wildman–Crippen LogP) is 3.29. The molecule has 180 valence electrons. The molecule has 33 heavy (non-hydrogen) atoms. The van der Waals surface area contributed by atoms with Crippen LogP contribution in [0.1, 0.15) is 48.9 Å². The second-order valence-electron chi connectivity index (χ2n) is 9.44. The summed E-state index contributed by atoms with van der Waals surface area (Å²) in [6.07, 6.45) is -3.73. The largest absolute Gasteiger partial charge is 0.416 e. The van der Waals surface area contributed by atoms with Crippen molar-refractivity contribution < 1.29 is 22.8 Å². The van der Waals surface area contributed by atoms with Gasteiger partial charge < -0.3 is 20.1 Å². The van der Waals surface area contributed by atoms with Gasteiger partial charge in [0.15, 0.2) is 5.69 Å². The Kier molecular flexibility index (Phi) is 6.88. The van der Waals surface area contributed by atoms with E-state index in [9.17, 15) is 22.8 Å². The number of likely N-dealkylation sites (N-methyl/N-ethyl adjacent to an activating group) is 1. The van der Waals surface area contributed by atoms with Gasteiger partial charge in [-0.2, -0.15) is 13.2 Å². The minimum atomic E-state index is -4.49. The summed E-state index contributed by atoms with van der Waals surface area (Å²) >= 11 is 0. The van der Waals surface area contributed by atoms with Crippen LogP contribution in [0, 0.1) is 5.41 Å². The zero-order valence-electron chi connectivity index (χ0n) is 19.5. The van der Waals surface area contributed by atoms with Crippen LogP contribution in [0.5, 0.6) is 0 Å². The van der Waals surface area contributed by atoms with Crippen molar-refractivity contribution in [3.05, 3.63) is 41.2 Å². The first-order valence-corrected chi connectivity index (χ1v) is 10.8. The van der Waals surface area contributed by atoms with Crippen molar-refractivity contribution in [1.82, 2.24) is 25.1 Å². The highest BCUT2D eigenvalue weighted by Gasteiger charge is 2.35. The summed E-state index contributed by atoms with van der Waals surface area (Å²) in [7, 11) is 3.41. The molecule has 3 rings (SSSR count). The van der Waals surface area contributed by atoms with E-state index in [1.54, 1.807) is 6.07 Å². The number of nitrogens with one attached hydrogen (secondary N) is 2. The van der Waals surface area contributed by atoms with Crippen molar-refractivity contribution in [1.29, 1.82) is 0 Å². The maximum Gasteiger partial charge on any atom is 0.416 e. The smallest absolute Gasteiger partial charge is 0.357 e. The molecule has 1 aromatic heterocycles. The fourth-order valence-corrected chi connectivity index (χ4v) is 3.98. The van der Waals surface area contributed by atoms with E-state index in [1.807, 2.05) is 37.3 Å². The number of carbonyl (C=O) groups is 2. The van der Waals surface area contributed by atoms with E-state index < -0.39 is 29.1 Å². The first-order chi connectivity index (χ1) is 15.3. The fourth-order valence-electron chi connectivity index (χ4n) is 3.98. The lowest BCUT2D eigenvalue weighted by atomic mass is 9.86. The number of fused-ring (bicyclic) bond motifs is 1. The van der Waals surface area contributed by atoms with Crippen molar-refractivity contribution >= 4 is 11.8 Å². The molecule has 2 heterocycles. The number of amides is 2. The third-order valence-corrected chi connectivity index (χ3v) is 5.73. The van der Waals surface area contributed by atoms with Crippen molar-refractivity contribution in [2.24, 2.45) is 5.41 Å². The second-order valence-corrected chi connectivity index (χ2v) is 9.44. The van der Waals surface area contributed by atoms with Crippen molar-refractivity contribution in [2.75, 3.05) is 20.6 Å². The maximum atomic E-state index is 13.3. The highest BCUT2D eigenvalue weighted by molar-refractivity contribution is 5.97. The third kappa shape index (κ3) is 5.38. The quantitative estimate of drug-likeness (QED) is 0.726. The van der Waals surface area contributed by atoms with Crippen LogP contribution in [-0.4, -0.2) is 52.9 Å². The molecule has 10 heteroatoms. The molecule has 1 atom stereocenters. The Hall–Kier alpha value is -2.88. The lowest BCUT2D eigenvalue weighted by Gasteiger charge is -2.29. The number of imidazole rings is 1. The van der Waals surface area contributed by atoms with E-state index in [0.717, 1.165) is 25.1 Å². The zero-order valence-corrected chi connectivity index (χ0v) is 19.5. The normalized spacial score (nSPS) is 16.0. The molecule has 2 amide bonds. The van der Waals surface area contributed by atoms with Gasteiger partial charge in [0.05, 0.1) is 11.3 Å². The minimum Gasteiger partial charge on any atom is -0.357 e. The van der Waals surface area contributed by atoms with Crippen molar-refractivity contribution in [2.45, 2.75) is 52.5 Å². The molecule has 0 saturated carbocycles. The van der Waals surface area contributed by atoms with Gasteiger partial charge in [-0.3, -0.25) is 9.59 Å². The number of benzene rings is 1. The minimum absolute atomic E-state index is 0.120. The molecule has 1 aliphatic heterocycles. The molecule has 2 aromatic rings. The average Bonchev–Trinajstić information content (AvgIpc) is 2.96. The van der Waals surface area contributed by atoms with E-state index in [1.165, 1.54) is 13.1 Å². The van der Waals surface area contributed by atoms with Gasteiger partial charge >= 0.3 is 6.18 Å². The summed E-state index contributed by atoms with van der Waals surface area (Å²) in [4.78, 5) is 32.3. The highest BCUT2D eigenvalue weighted by Crippen LogP contribution is 2.33.